The summed E-state index contributed by atoms with van der Waals surface area (Å²) >= 11 is 1.59. The van der Waals surface area contributed by atoms with Crippen molar-refractivity contribution in [1.82, 2.24) is 19.7 Å². The van der Waals surface area contributed by atoms with E-state index in [9.17, 15) is 22.4 Å². The highest BCUT2D eigenvalue weighted by Gasteiger charge is 2.53. The van der Waals surface area contributed by atoms with Crippen molar-refractivity contribution in [1.29, 1.82) is 0 Å². The van der Waals surface area contributed by atoms with Gasteiger partial charge in [0.05, 0.1) is 5.56 Å². The van der Waals surface area contributed by atoms with Gasteiger partial charge in [0, 0.05) is 24.6 Å². The highest BCUT2D eigenvalue weighted by Crippen LogP contribution is 2.65. The third kappa shape index (κ3) is 6.51. The van der Waals surface area contributed by atoms with E-state index in [0.29, 0.717) is 17.5 Å². The van der Waals surface area contributed by atoms with Gasteiger partial charge in [-0.25, -0.2) is 4.39 Å². The van der Waals surface area contributed by atoms with Crippen molar-refractivity contribution in [2.75, 3.05) is 5.75 Å². The normalized spacial score (nSPS) is 18.8. The van der Waals surface area contributed by atoms with Gasteiger partial charge in [0.25, 0.3) is 5.91 Å². The van der Waals surface area contributed by atoms with E-state index in [1.807, 2.05) is 11.6 Å². The number of amides is 1. The summed E-state index contributed by atoms with van der Waals surface area (Å²) in [6.45, 7) is 6.27. The summed E-state index contributed by atoms with van der Waals surface area (Å²) in [5.74, 6) is 0.0422. The standard InChI is InChI=1S/C28H31F4N5OS/c1-4-27(15-21(27)20-9-8-19(14-22(20)29)28(30,31)32)12-11-17(2)6-5-13-39-26-36-35-25(37(26)3)18-7-10-23(24(33)38)34-16-18/h7-10,14,16,21H,2,4-6,11-13,15H2,1,3H3,(H2,33,38)/t21-,27+/m1/s1. The van der Waals surface area contributed by atoms with Crippen LogP contribution in [0.15, 0.2) is 53.8 Å². The van der Waals surface area contributed by atoms with Crippen LogP contribution in [0.5, 0.6) is 0 Å². The van der Waals surface area contributed by atoms with E-state index < -0.39 is 23.5 Å². The molecule has 4 rings (SSSR count). The number of primary amides is 1. The minimum Gasteiger partial charge on any atom is -0.364 e. The van der Waals surface area contributed by atoms with Gasteiger partial charge in [0.15, 0.2) is 11.0 Å². The maximum Gasteiger partial charge on any atom is 0.416 e. The molecule has 0 aliphatic heterocycles. The molecule has 39 heavy (non-hydrogen) atoms. The predicted molar refractivity (Wildman–Crippen MR) is 143 cm³/mol. The summed E-state index contributed by atoms with van der Waals surface area (Å²) < 4.78 is 55.1. The molecule has 2 N–H and O–H groups in total. The van der Waals surface area contributed by atoms with Gasteiger partial charge in [-0.15, -0.1) is 10.2 Å². The first-order chi connectivity index (χ1) is 18.4. The largest absolute Gasteiger partial charge is 0.416 e. The molecule has 0 saturated heterocycles. The van der Waals surface area contributed by atoms with Gasteiger partial charge < -0.3 is 10.3 Å². The second-order valence-corrected chi connectivity index (χ2v) is 11.1. The lowest BCUT2D eigenvalue weighted by Gasteiger charge is -2.17. The monoisotopic (exact) mass is 561 g/mol. The van der Waals surface area contributed by atoms with E-state index in [1.54, 1.807) is 30.1 Å². The molecule has 0 spiro atoms. The van der Waals surface area contributed by atoms with E-state index in [-0.39, 0.29) is 17.0 Å². The minimum absolute atomic E-state index is 0.0551. The fourth-order valence-electron chi connectivity index (χ4n) is 5.02. The number of benzene rings is 1. The van der Waals surface area contributed by atoms with Crippen molar-refractivity contribution in [3.63, 3.8) is 0 Å². The average Bonchev–Trinajstić information content (AvgIpc) is 3.51. The molecule has 1 aromatic carbocycles. The Labute approximate surface area is 229 Å². The average molecular weight is 562 g/mol. The van der Waals surface area contributed by atoms with Crippen molar-refractivity contribution in [3.05, 3.63) is 71.3 Å². The number of hydrogen-bond donors (Lipinski definition) is 1. The molecule has 6 nitrogen and oxygen atoms in total. The number of pyridine rings is 1. The molecule has 2 heterocycles. The number of hydrogen-bond acceptors (Lipinski definition) is 5. The number of carbonyl (C=O) groups excluding carboxylic acids is 1. The van der Waals surface area contributed by atoms with Gasteiger partial charge >= 0.3 is 6.18 Å². The highest BCUT2D eigenvalue weighted by atomic mass is 32.2. The maximum absolute atomic E-state index is 14.5. The van der Waals surface area contributed by atoms with Gasteiger partial charge in [-0.1, -0.05) is 36.9 Å². The van der Waals surface area contributed by atoms with Crippen LogP contribution in [0.3, 0.4) is 0 Å². The number of halogens is 4. The van der Waals surface area contributed by atoms with Crippen LogP contribution in [0.4, 0.5) is 17.6 Å². The van der Waals surface area contributed by atoms with Gasteiger partial charge in [-0.2, -0.15) is 13.2 Å². The molecule has 1 aliphatic rings. The summed E-state index contributed by atoms with van der Waals surface area (Å²) in [7, 11) is 1.87. The zero-order valence-electron chi connectivity index (χ0n) is 21.9. The lowest BCUT2D eigenvalue weighted by atomic mass is 9.88. The molecule has 1 amide bonds. The number of aromatic nitrogens is 4. The summed E-state index contributed by atoms with van der Waals surface area (Å²) in [4.78, 5) is 15.3. The van der Waals surface area contributed by atoms with E-state index in [4.69, 9.17) is 5.73 Å². The van der Waals surface area contributed by atoms with Gasteiger partial charge in [0.2, 0.25) is 0 Å². The van der Waals surface area contributed by atoms with Crippen LogP contribution >= 0.6 is 11.8 Å². The zero-order chi connectivity index (χ0) is 28.4. The van der Waals surface area contributed by atoms with Crippen molar-refractivity contribution in [2.45, 2.75) is 62.7 Å². The molecule has 0 bridgehead atoms. The van der Waals surface area contributed by atoms with Crippen LogP contribution in [0.2, 0.25) is 0 Å². The molecule has 2 atom stereocenters. The second-order valence-electron chi connectivity index (χ2n) is 10.1. The van der Waals surface area contributed by atoms with Crippen LogP contribution < -0.4 is 5.73 Å². The molecule has 11 heteroatoms. The summed E-state index contributed by atoms with van der Waals surface area (Å²) in [5.41, 5.74) is 6.61. The van der Waals surface area contributed by atoms with Crippen LogP contribution in [-0.4, -0.2) is 31.4 Å². The lowest BCUT2D eigenvalue weighted by Crippen LogP contribution is -2.12. The Morgan fingerprint density at radius 3 is 2.62 bits per heavy atom. The molecule has 208 valence electrons. The molecular weight excluding hydrogens is 530 g/mol. The van der Waals surface area contributed by atoms with Crippen LogP contribution in [0.1, 0.15) is 73.0 Å². The fourth-order valence-corrected chi connectivity index (χ4v) is 5.87. The quantitative estimate of drug-likeness (QED) is 0.112. The minimum atomic E-state index is -4.55. The summed E-state index contributed by atoms with van der Waals surface area (Å²) in [5, 5.41) is 9.26. The number of rotatable bonds is 12. The van der Waals surface area contributed by atoms with Crippen LogP contribution in [0.25, 0.3) is 11.4 Å². The van der Waals surface area contributed by atoms with Gasteiger partial charge in [-0.05, 0) is 79.7 Å². The maximum atomic E-state index is 14.5. The molecule has 1 aliphatic carbocycles. The highest BCUT2D eigenvalue weighted by molar-refractivity contribution is 7.99. The number of nitrogens with two attached hydrogens (primary N) is 1. The van der Waals surface area contributed by atoms with Crippen molar-refractivity contribution in [2.24, 2.45) is 18.2 Å². The first-order valence-electron chi connectivity index (χ1n) is 12.8. The Balaban J connectivity index is 1.23. The smallest absolute Gasteiger partial charge is 0.364 e. The number of alkyl halides is 3. The van der Waals surface area contributed by atoms with Crippen molar-refractivity contribution < 1.29 is 22.4 Å². The number of thioether (sulfide) groups is 1. The molecule has 0 unspecified atom stereocenters. The first-order valence-corrected chi connectivity index (χ1v) is 13.8. The van der Waals surface area contributed by atoms with E-state index in [1.165, 1.54) is 6.07 Å². The number of allylic oxidation sites excluding steroid dienone is 1. The van der Waals surface area contributed by atoms with E-state index in [2.05, 4.69) is 28.7 Å². The van der Waals surface area contributed by atoms with E-state index in [0.717, 1.165) is 66.6 Å². The lowest BCUT2D eigenvalue weighted by molar-refractivity contribution is -0.137. The second kappa shape index (κ2) is 11.5. The molecule has 2 aromatic heterocycles. The van der Waals surface area contributed by atoms with Gasteiger partial charge in [0.1, 0.15) is 11.5 Å². The molecular formula is C28H31F4N5OS. The first kappa shape index (κ1) is 28.8. The van der Waals surface area contributed by atoms with Crippen molar-refractivity contribution >= 4 is 17.7 Å². The Hall–Kier alpha value is -3.21. The van der Waals surface area contributed by atoms with Gasteiger partial charge in [-0.3, -0.25) is 9.78 Å². The Kier molecular flexibility index (Phi) is 8.48. The molecule has 0 radical (unpaired) electrons. The van der Waals surface area contributed by atoms with Crippen LogP contribution in [0, 0.1) is 11.2 Å². The van der Waals surface area contributed by atoms with Crippen molar-refractivity contribution in [3.8, 4) is 11.4 Å². The summed E-state index contributed by atoms with van der Waals surface area (Å²) in [6, 6.07) is 6.18. The van der Waals surface area contributed by atoms with E-state index >= 15 is 0 Å². The SMILES string of the molecule is C=C(CCCSc1nnc(-c2ccc(C(N)=O)nc2)n1C)CC[C@@]1(CC)C[C@@H]1c1ccc(C(F)(F)F)cc1F. The predicted octanol–water partition coefficient (Wildman–Crippen LogP) is 6.93. The molecule has 1 fully saturated rings. The Morgan fingerprint density at radius 2 is 2.00 bits per heavy atom. The number of nitrogens with zero attached hydrogens (tertiary/aromatic N) is 4. The topological polar surface area (TPSA) is 86.7 Å². The third-order valence-corrected chi connectivity index (χ3v) is 8.69. The fraction of sp³-hybridized carbons (Fsp3) is 0.429. The Bertz CT molecular complexity index is 1350. The van der Waals surface area contributed by atoms with Crippen LogP contribution in [-0.2, 0) is 13.2 Å². The summed E-state index contributed by atoms with van der Waals surface area (Å²) in [6.07, 6.45) is 2.01. The zero-order valence-corrected chi connectivity index (χ0v) is 22.7. The third-order valence-electron chi connectivity index (χ3n) is 7.59. The Morgan fingerprint density at radius 1 is 1.23 bits per heavy atom. The molecule has 3 aromatic rings. The number of carbonyl (C=O) groups is 1. The molecule has 1 saturated carbocycles.